The number of carbonyl (C=O) groups excluding carboxylic acids is 1. The number of aromatic nitrogens is 4. The summed E-state index contributed by atoms with van der Waals surface area (Å²) >= 11 is 3.47. The number of carbonyl (C=O) groups is 1. The van der Waals surface area contributed by atoms with E-state index in [-0.39, 0.29) is 0 Å². The quantitative estimate of drug-likeness (QED) is 0.235. The van der Waals surface area contributed by atoms with Crippen LogP contribution in [0.2, 0.25) is 0 Å². The molecule has 4 aromatic rings. The molecule has 4 rings (SSSR count). The lowest BCUT2D eigenvalue weighted by atomic mass is 10.3. The number of nitrogens with one attached hydrogen (secondary N) is 4. The summed E-state index contributed by atoms with van der Waals surface area (Å²) in [5.74, 6) is 0.989. The van der Waals surface area contributed by atoms with E-state index in [4.69, 9.17) is 0 Å². The number of hydrogen-bond donors (Lipinski definition) is 4. The van der Waals surface area contributed by atoms with E-state index < -0.39 is 15.5 Å². The second-order valence-electron chi connectivity index (χ2n) is 7.11. The van der Waals surface area contributed by atoms with Gasteiger partial charge in [0, 0.05) is 23.3 Å². The summed E-state index contributed by atoms with van der Waals surface area (Å²) in [6, 6.07) is 12.8. The third-order valence-corrected chi connectivity index (χ3v) is 6.42. The van der Waals surface area contributed by atoms with Gasteiger partial charge in [-0.15, -0.1) is 4.91 Å². The molecule has 2 aromatic carbocycles. The van der Waals surface area contributed by atoms with Gasteiger partial charge in [-0.25, -0.2) is 9.97 Å². The smallest absolute Gasteiger partial charge is 0.287 e. The molecule has 4 N–H and O–H groups in total. The number of halogens is 1. The van der Waals surface area contributed by atoms with Gasteiger partial charge in [-0.05, 0) is 85.7 Å². The number of aromatic amines is 1. The fraction of sp³-hybridized carbons (Fsp3) is 0.100. The Bertz CT molecular complexity index is 1290. The zero-order valence-electron chi connectivity index (χ0n) is 17.1. The number of amides is 1. The first-order valence-corrected chi connectivity index (χ1v) is 12.5. The van der Waals surface area contributed by atoms with E-state index in [2.05, 4.69) is 56.4 Å². The molecule has 164 valence electrons. The number of anilines is 5. The maximum atomic E-state index is 12.1. The Hall–Kier alpha value is -3.51. The van der Waals surface area contributed by atoms with Gasteiger partial charge in [-0.3, -0.25) is 4.79 Å². The lowest BCUT2D eigenvalue weighted by Crippen LogP contribution is -2.15. The second-order valence-corrected chi connectivity index (χ2v) is 11.0. The highest BCUT2D eigenvalue weighted by molar-refractivity contribution is 9.10. The van der Waals surface area contributed by atoms with Crippen LogP contribution in [0.5, 0.6) is 0 Å². The van der Waals surface area contributed by atoms with E-state index >= 15 is 0 Å². The minimum atomic E-state index is -2.23. The molecular weight excluding hydrogens is 496 g/mol. The zero-order valence-corrected chi connectivity index (χ0v) is 19.5. The van der Waals surface area contributed by atoms with Crippen molar-refractivity contribution in [2.24, 2.45) is 4.58 Å². The molecule has 12 heteroatoms. The highest BCUT2D eigenvalue weighted by Crippen LogP contribution is 2.42. The summed E-state index contributed by atoms with van der Waals surface area (Å²) < 4.78 is 3.63. The molecule has 0 aliphatic rings. The fourth-order valence-corrected chi connectivity index (χ4v) is 3.43. The van der Waals surface area contributed by atoms with Gasteiger partial charge in [0.1, 0.15) is 5.82 Å². The van der Waals surface area contributed by atoms with Crippen molar-refractivity contribution in [2.45, 2.75) is 0 Å². The highest BCUT2D eigenvalue weighted by Gasteiger charge is 2.22. The van der Waals surface area contributed by atoms with Crippen LogP contribution in [0.3, 0.4) is 0 Å². The normalized spacial score (nSPS) is 11.7. The third-order valence-electron chi connectivity index (χ3n) is 4.45. The Labute approximate surface area is 193 Å². The molecule has 0 bridgehead atoms. The van der Waals surface area contributed by atoms with Gasteiger partial charge < -0.3 is 20.9 Å². The Morgan fingerprint density at radius 1 is 1.03 bits per heavy atom. The number of H-pyrrole nitrogens is 1. The van der Waals surface area contributed by atoms with Crippen LogP contribution < -0.4 is 16.0 Å². The van der Waals surface area contributed by atoms with Gasteiger partial charge in [0.25, 0.3) is 5.24 Å². The predicted octanol–water partition coefficient (Wildman–Crippen LogP) is 5.88. The maximum Gasteiger partial charge on any atom is 0.287 e. The van der Waals surface area contributed by atoms with E-state index in [1.807, 2.05) is 18.2 Å². The first-order chi connectivity index (χ1) is 15.3. The standard InChI is InChI=1S/C20H19BrN8O2S/c1-32(2,29-31)20(30)27-13-5-3-12(4-6-13)26-19-22-10-15(21)18(28-19)25-14-7-8-16-17(9-14)24-11-23-16/h3-11H,1-2H3,(H,23,24)(H,27,30)(H2,22,25,26,28). The largest absolute Gasteiger partial charge is 0.345 e. The molecule has 32 heavy (non-hydrogen) atoms. The van der Waals surface area contributed by atoms with Gasteiger partial charge in [-0.2, -0.15) is 4.98 Å². The van der Waals surface area contributed by atoms with E-state index in [0.717, 1.165) is 22.4 Å². The first kappa shape index (κ1) is 21.7. The van der Waals surface area contributed by atoms with Crippen molar-refractivity contribution in [1.82, 2.24) is 19.9 Å². The summed E-state index contributed by atoms with van der Waals surface area (Å²) in [4.78, 5) is 39.0. The molecule has 0 atom stereocenters. The molecule has 0 aliphatic heterocycles. The second kappa shape index (κ2) is 8.93. The Balaban J connectivity index is 1.46. The monoisotopic (exact) mass is 514 g/mol. The average Bonchev–Trinajstić information content (AvgIpc) is 3.25. The van der Waals surface area contributed by atoms with Crippen molar-refractivity contribution >= 4 is 71.2 Å². The van der Waals surface area contributed by atoms with Crippen LogP contribution >= 0.6 is 26.1 Å². The number of imidazole rings is 1. The van der Waals surface area contributed by atoms with Gasteiger partial charge in [-0.1, -0.05) is 0 Å². The molecule has 0 radical (unpaired) electrons. The lowest BCUT2D eigenvalue weighted by Gasteiger charge is -2.19. The summed E-state index contributed by atoms with van der Waals surface area (Å²) in [7, 11) is -2.23. The van der Waals surface area contributed by atoms with Crippen molar-refractivity contribution in [3.63, 3.8) is 0 Å². The average molecular weight is 515 g/mol. The number of hydrogen-bond acceptors (Lipinski definition) is 8. The first-order valence-electron chi connectivity index (χ1n) is 9.33. The molecule has 0 aliphatic carbocycles. The molecule has 0 spiro atoms. The molecule has 0 saturated carbocycles. The van der Waals surface area contributed by atoms with Crippen molar-refractivity contribution in [2.75, 3.05) is 28.5 Å². The van der Waals surface area contributed by atoms with E-state index in [1.54, 1.807) is 36.8 Å². The van der Waals surface area contributed by atoms with Crippen LogP contribution in [0.15, 0.2) is 64.0 Å². The Morgan fingerprint density at radius 3 is 2.50 bits per heavy atom. The highest BCUT2D eigenvalue weighted by atomic mass is 79.9. The Morgan fingerprint density at radius 2 is 1.75 bits per heavy atom. The maximum absolute atomic E-state index is 12.1. The molecule has 10 nitrogen and oxygen atoms in total. The minimum Gasteiger partial charge on any atom is -0.345 e. The van der Waals surface area contributed by atoms with Crippen LogP contribution in [0.4, 0.5) is 33.6 Å². The van der Waals surface area contributed by atoms with Crippen LogP contribution in [-0.2, 0) is 0 Å². The van der Waals surface area contributed by atoms with Crippen LogP contribution in [0.1, 0.15) is 0 Å². The summed E-state index contributed by atoms with van der Waals surface area (Å²) in [6.45, 7) is 0. The molecule has 2 aromatic heterocycles. The molecule has 1 amide bonds. The number of nitrogens with zero attached hydrogens (tertiary/aromatic N) is 4. The lowest BCUT2D eigenvalue weighted by molar-refractivity contribution is 0.269. The predicted molar refractivity (Wildman–Crippen MR) is 133 cm³/mol. The van der Waals surface area contributed by atoms with E-state index in [9.17, 15) is 9.70 Å². The summed E-state index contributed by atoms with van der Waals surface area (Å²) in [5.41, 5.74) is 3.95. The van der Waals surface area contributed by atoms with Crippen molar-refractivity contribution in [3.8, 4) is 0 Å². The molecule has 0 unspecified atom stereocenters. The van der Waals surface area contributed by atoms with Crippen molar-refractivity contribution in [1.29, 1.82) is 0 Å². The van der Waals surface area contributed by atoms with E-state index in [1.165, 1.54) is 12.5 Å². The van der Waals surface area contributed by atoms with Gasteiger partial charge >= 0.3 is 0 Å². The SMILES string of the molecule is CS(C)(N=O)C(=O)Nc1ccc(Nc2ncc(Br)c(Nc3ccc4nc[nH]c4c3)n2)cc1. The molecule has 0 saturated heterocycles. The Kier molecular flexibility index (Phi) is 6.06. The van der Waals surface area contributed by atoms with Gasteiger partial charge in [0.05, 0.1) is 21.8 Å². The van der Waals surface area contributed by atoms with Crippen LogP contribution in [-0.4, -0.2) is 37.7 Å². The number of rotatable bonds is 6. The van der Waals surface area contributed by atoms with Gasteiger partial charge in [0.2, 0.25) is 5.95 Å². The summed E-state index contributed by atoms with van der Waals surface area (Å²) in [6.07, 6.45) is 6.37. The molecule has 2 heterocycles. The van der Waals surface area contributed by atoms with Crippen molar-refractivity contribution < 1.29 is 4.79 Å². The number of fused-ring (bicyclic) bond motifs is 1. The molecule has 0 fully saturated rings. The number of nitroso groups, excluding NO2 is 1. The van der Waals surface area contributed by atoms with E-state index in [0.29, 0.717) is 21.9 Å². The third kappa shape index (κ3) is 4.86. The minimum absolute atomic E-state index is 0.394. The topological polar surface area (TPSA) is 137 Å². The van der Waals surface area contributed by atoms with Crippen LogP contribution in [0, 0.1) is 4.91 Å². The number of benzene rings is 2. The zero-order chi connectivity index (χ0) is 22.7. The fourth-order valence-electron chi connectivity index (χ4n) is 2.71. The summed E-state index contributed by atoms with van der Waals surface area (Å²) in [5, 5.41) is 8.70. The van der Waals surface area contributed by atoms with Crippen LogP contribution in [0.25, 0.3) is 11.0 Å². The van der Waals surface area contributed by atoms with Crippen molar-refractivity contribution in [3.05, 3.63) is 64.4 Å². The molecular formula is C20H19BrN8O2S. The van der Waals surface area contributed by atoms with Gasteiger partial charge in [0.15, 0.2) is 0 Å².